The van der Waals surface area contributed by atoms with Crippen molar-refractivity contribution in [2.24, 2.45) is 5.73 Å². The minimum Gasteiger partial charge on any atom is -0.444 e. The van der Waals surface area contributed by atoms with Crippen molar-refractivity contribution in [1.29, 1.82) is 0 Å². The van der Waals surface area contributed by atoms with Crippen molar-refractivity contribution in [3.05, 3.63) is 0 Å². The van der Waals surface area contributed by atoms with Crippen LogP contribution in [0.3, 0.4) is 0 Å². The molecule has 1 heterocycles. The number of amides is 2. The van der Waals surface area contributed by atoms with Gasteiger partial charge in [-0.05, 0) is 40.0 Å². The Hall–Kier alpha value is -1.34. The molecule has 7 nitrogen and oxygen atoms in total. The number of ether oxygens (including phenoxy) is 1. The van der Waals surface area contributed by atoms with Crippen molar-refractivity contribution in [1.82, 2.24) is 10.2 Å². The molecule has 2 unspecified atom stereocenters. The standard InChI is InChI=1S/C14H27N3O4/c1-14(2,3)21-13(20)17-7-4-5-10(6-8-17)16-9-11(18)12(15)19/h10-11,16,18H,4-9H2,1-3H3,(H2,15,19). The van der Waals surface area contributed by atoms with Crippen LogP contribution in [0.1, 0.15) is 40.0 Å². The molecule has 1 rings (SSSR count). The smallest absolute Gasteiger partial charge is 0.410 e. The SMILES string of the molecule is CC(C)(C)OC(=O)N1CCCC(NCC(O)C(N)=O)CC1. The van der Waals surface area contributed by atoms with Gasteiger partial charge in [0.05, 0.1) is 0 Å². The predicted molar refractivity (Wildman–Crippen MR) is 78.6 cm³/mol. The minimum atomic E-state index is -1.17. The normalized spacial score (nSPS) is 21.5. The van der Waals surface area contributed by atoms with E-state index in [1.165, 1.54) is 0 Å². The van der Waals surface area contributed by atoms with Gasteiger partial charge in [-0.3, -0.25) is 4.79 Å². The predicted octanol–water partition coefficient (Wildman–Crippen LogP) is 0.212. The molecule has 1 fully saturated rings. The summed E-state index contributed by atoms with van der Waals surface area (Å²) in [5, 5.41) is 12.5. The fraction of sp³-hybridized carbons (Fsp3) is 0.857. The van der Waals surface area contributed by atoms with E-state index in [2.05, 4.69) is 5.32 Å². The Morgan fingerprint density at radius 3 is 2.62 bits per heavy atom. The van der Waals surface area contributed by atoms with Crippen LogP contribution in [0.25, 0.3) is 0 Å². The third-order valence-corrected chi connectivity index (χ3v) is 3.31. The van der Waals surface area contributed by atoms with Crippen LogP contribution in [0.2, 0.25) is 0 Å². The average molecular weight is 301 g/mol. The quantitative estimate of drug-likeness (QED) is 0.688. The number of nitrogens with zero attached hydrogens (tertiary/aromatic N) is 1. The van der Waals surface area contributed by atoms with Gasteiger partial charge in [-0.2, -0.15) is 0 Å². The van der Waals surface area contributed by atoms with Crippen LogP contribution in [-0.4, -0.2) is 59.4 Å². The molecule has 1 aliphatic rings. The summed E-state index contributed by atoms with van der Waals surface area (Å²) in [4.78, 5) is 24.5. The van der Waals surface area contributed by atoms with Crippen molar-refractivity contribution < 1.29 is 19.4 Å². The molecule has 0 bridgehead atoms. The van der Waals surface area contributed by atoms with E-state index in [1.54, 1.807) is 4.90 Å². The number of aliphatic hydroxyl groups excluding tert-OH is 1. The summed E-state index contributed by atoms with van der Waals surface area (Å²) in [6.07, 6.45) is 1.02. The number of hydrogen-bond donors (Lipinski definition) is 3. The van der Waals surface area contributed by atoms with Crippen LogP contribution in [0.5, 0.6) is 0 Å². The monoisotopic (exact) mass is 301 g/mol. The molecule has 0 aliphatic carbocycles. The highest BCUT2D eigenvalue weighted by Gasteiger charge is 2.25. The van der Waals surface area contributed by atoms with E-state index in [1.807, 2.05) is 20.8 Å². The maximum atomic E-state index is 12.0. The molecular formula is C14H27N3O4. The third kappa shape index (κ3) is 6.77. The molecule has 122 valence electrons. The fourth-order valence-corrected chi connectivity index (χ4v) is 2.19. The highest BCUT2D eigenvalue weighted by molar-refractivity contribution is 5.78. The zero-order valence-electron chi connectivity index (χ0n) is 13.1. The Labute approximate surface area is 125 Å². The number of rotatable bonds is 4. The highest BCUT2D eigenvalue weighted by Crippen LogP contribution is 2.15. The van der Waals surface area contributed by atoms with Crippen LogP contribution in [0.15, 0.2) is 0 Å². The number of carbonyl (C=O) groups excluding carboxylic acids is 2. The van der Waals surface area contributed by atoms with Crippen LogP contribution in [-0.2, 0) is 9.53 Å². The molecule has 4 N–H and O–H groups in total. The molecule has 7 heteroatoms. The Balaban J connectivity index is 2.40. The van der Waals surface area contributed by atoms with E-state index < -0.39 is 17.6 Å². The summed E-state index contributed by atoms with van der Waals surface area (Å²) in [7, 11) is 0. The molecule has 2 amide bonds. The van der Waals surface area contributed by atoms with Gasteiger partial charge in [0.2, 0.25) is 5.91 Å². The first-order valence-corrected chi connectivity index (χ1v) is 7.38. The molecular weight excluding hydrogens is 274 g/mol. The number of primary amides is 1. The van der Waals surface area contributed by atoms with Crippen molar-refractivity contribution >= 4 is 12.0 Å². The van der Waals surface area contributed by atoms with Crippen molar-refractivity contribution in [2.45, 2.75) is 57.8 Å². The molecule has 0 spiro atoms. The lowest BCUT2D eigenvalue weighted by atomic mass is 10.1. The van der Waals surface area contributed by atoms with E-state index in [0.29, 0.717) is 13.1 Å². The minimum absolute atomic E-state index is 0.145. The molecule has 0 saturated carbocycles. The van der Waals surface area contributed by atoms with Gasteiger partial charge < -0.3 is 25.8 Å². The largest absolute Gasteiger partial charge is 0.444 e. The van der Waals surface area contributed by atoms with Crippen molar-refractivity contribution in [3.63, 3.8) is 0 Å². The van der Waals surface area contributed by atoms with Crippen molar-refractivity contribution in [3.8, 4) is 0 Å². The first-order valence-electron chi connectivity index (χ1n) is 7.38. The molecule has 2 atom stereocenters. The summed E-state index contributed by atoms with van der Waals surface area (Å²) < 4.78 is 5.36. The van der Waals surface area contributed by atoms with Gasteiger partial charge in [-0.25, -0.2) is 4.79 Å². The van der Waals surface area contributed by atoms with E-state index in [4.69, 9.17) is 10.5 Å². The zero-order chi connectivity index (χ0) is 16.0. The number of likely N-dealkylation sites (tertiary alicyclic amines) is 1. The van der Waals surface area contributed by atoms with Gasteiger partial charge in [0.15, 0.2) is 0 Å². The van der Waals surface area contributed by atoms with Gasteiger partial charge in [0.1, 0.15) is 11.7 Å². The maximum absolute atomic E-state index is 12.0. The first kappa shape index (κ1) is 17.7. The van der Waals surface area contributed by atoms with Gasteiger partial charge in [-0.15, -0.1) is 0 Å². The van der Waals surface area contributed by atoms with Crippen LogP contribution in [0.4, 0.5) is 4.79 Å². The number of hydrogen-bond acceptors (Lipinski definition) is 5. The highest BCUT2D eigenvalue weighted by atomic mass is 16.6. The van der Waals surface area contributed by atoms with Crippen LogP contribution < -0.4 is 11.1 Å². The van der Waals surface area contributed by atoms with Crippen molar-refractivity contribution in [2.75, 3.05) is 19.6 Å². The number of nitrogens with two attached hydrogens (primary N) is 1. The molecule has 0 aromatic rings. The van der Waals surface area contributed by atoms with Crippen LogP contribution >= 0.6 is 0 Å². The molecule has 0 radical (unpaired) electrons. The number of nitrogens with one attached hydrogen (secondary N) is 1. The lowest BCUT2D eigenvalue weighted by Gasteiger charge is -2.26. The maximum Gasteiger partial charge on any atom is 0.410 e. The van der Waals surface area contributed by atoms with E-state index in [0.717, 1.165) is 19.3 Å². The molecule has 21 heavy (non-hydrogen) atoms. The third-order valence-electron chi connectivity index (χ3n) is 3.31. The zero-order valence-corrected chi connectivity index (χ0v) is 13.1. The second kappa shape index (κ2) is 7.61. The van der Waals surface area contributed by atoms with E-state index in [-0.39, 0.29) is 18.7 Å². The van der Waals surface area contributed by atoms with E-state index in [9.17, 15) is 14.7 Å². The average Bonchev–Trinajstić information content (AvgIpc) is 2.59. The van der Waals surface area contributed by atoms with Gasteiger partial charge in [0, 0.05) is 25.7 Å². The Morgan fingerprint density at radius 1 is 1.38 bits per heavy atom. The second-order valence-corrected chi connectivity index (χ2v) is 6.42. The second-order valence-electron chi connectivity index (χ2n) is 6.42. The first-order chi connectivity index (χ1) is 9.69. The number of aliphatic hydroxyl groups is 1. The van der Waals surface area contributed by atoms with Crippen LogP contribution in [0, 0.1) is 0 Å². The topological polar surface area (TPSA) is 105 Å². The summed E-state index contributed by atoms with van der Waals surface area (Å²) in [6.45, 7) is 6.94. The lowest BCUT2D eigenvalue weighted by Crippen LogP contribution is -2.42. The fourth-order valence-electron chi connectivity index (χ4n) is 2.19. The van der Waals surface area contributed by atoms with Gasteiger partial charge in [0.25, 0.3) is 0 Å². The molecule has 1 aliphatic heterocycles. The lowest BCUT2D eigenvalue weighted by molar-refractivity contribution is -0.125. The number of carbonyl (C=O) groups is 2. The summed E-state index contributed by atoms with van der Waals surface area (Å²) in [6, 6.07) is 0.159. The van der Waals surface area contributed by atoms with E-state index >= 15 is 0 Å². The Bertz CT molecular complexity index is 368. The Kier molecular flexibility index (Phi) is 6.42. The molecule has 1 saturated heterocycles. The van der Waals surface area contributed by atoms with Gasteiger partial charge >= 0.3 is 6.09 Å². The summed E-state index contributed by atoms with van der Waals surface area (Å²) in [5.41, 5.74) is 4.51. The molecule has 0 aromatic heterocycles. The summed E-state index contributed by atoms with van der Waals surface area (Å²) in [5.74, 6) is -0.730. The Morgan fingerprint density at radius 2 is 2.05 bits per heavy atom. The summed E-state index contributed by atoms with van der Waals surface area (Å²) >= 11 is 0. The van der Waals surface area contributed by atoms with Gasteiger partial charge in [-0.1, -0.05) is 0 Å². The molecule has 0 aromatic carbocycles.